The molecule has 0 spiro atoms. The van der Waals surface area contributed by atoms with Crippen LogP contribution in [0.25, 0.3) is 5.69 Å². The summed E-state index contributed by atoms with van der Waals surface area (Å²) in [6.07, 6.45) is 2.35. The number of para-hydroxylation sites is 1. The number of carbonyl (C=O) groups is 1. The van der Waals surface area contributed by atoms with Crippen molar-refractivity contribution in [3.63, 3.8) is 0 Å². The van der Waals surface area contributed by atoms with E-state index >= 15 is 0 Å². The summed E-state index contributed by atoms with van der Waals surface area (Å²) in [5.41, 5.74) is 1.62. The number of amides is 1. The van der Waals surface area contributed by atoms with Crippen molar-refractivity contribution < 1.29 is 4.79 Å². The highest BCUT2D eigenvalue weighted by Gasteiger charge is 2.23. The summed E-state index contributed by atoms with van der Waals surface area (Å²) in [7, 11) is 4.03. The van der Waals surface area contributed by atoms with Gasteiger partial charge in [0, 0.05) is 11.9 Å². The van der Waals surface area contributed by atoms with Crippen molar-refractivity contribution >= 4 is 46.7 Å². The second kappa shape index (κ2) is 10.5. The van der Waals surface area contributed by atoms with Gasteiger partial charge < -0.3 is 5.32 Å². The predicted molar refractivity (Wildman–Crippen MR) is 126 cm³/mol. The third-order valence-electron chi connectivity index (χ3n) is 4.77. The van der Waals surface area contributed by atoms with Crippen molar-refractivity contribution in [1.29, 1.82) is 0 Å². The van der Waals surface area contributed by atoms with Crippen LogP contribution in [0.5, 0.6) is 0 Å². The second-order valence-electron chi connectivity index (χ2n) is 7.13. The molecule has 0 saturated carbocycles. The molecule has 1 amide bonds. The number of rotatable bonds is 8. The van der Waals surface area contributed by atoms with E-state index in [1.165, 1.54) is 18.0 Å². The van der Waals surface area contributed by atoms with Crippen LogP contribution in [0.1, 0.15) is 30.8 Å². The Kier molecular flexibility index (Phi) is 7.94. The Morgan fingerprint density at radius 2 is 1.94 bits per heavy atom. The standard InChI is InChI=1S/C21H24Cl2N6OS/c1-5-16(28(3)4)20-26-27-21(29(20)14-9-7-6-8-10-14)31-12-17(30)25-19-18(23)13(2)15(22)11-24-19/h6-11,16H,5,12H2,1-4H3,(H,24,25,30). The van der Waals surface area contributed by atoms with Gasteiger partial charge in [0.15, 0.2) is 16.8 Å². The number of halogens is 2. The molecular formula is C21H24Cl2N6OS. The molecule has 0 radical (unpaired) electrons. The van der Waals surface area contributed by atoms with E-state index in [0.29, 0.717) is 20.8 Å². The minimum atomic E-state index is -0.245. The van der Waals surface area contributed by atoms with Crippen LogP contribution >= 0.6 is 35.0 Å². The largest absolute Gasteiger partial charge is 0.309 e. The minimum absolute atomic E-state index is 0.0935. The maximum Gasteiger partial charge on any atom is 0.236 e. The fourth-order valence-electron chi connectivity index (χ4n) is 3.13. The van der Waals surface area contributed by atoms with Crippen molar-refractivity contribution in [3.8, 4) is 5.69 Å². The topological polar surface area (TPSA) is 75.9 Å². The van der Waals surface area contributed by atoms with E-state index in [-0.39, 0.29) is 23.5 Å². The first-order valence-corrected chi connectivity index (χ1v) is 11.5. The number of thioether (sulfide) groups is 1. The van der Waals surface area contributed by atoms with E-state index in [1.807, 2.05) is 49.0 Å². The zero-order valence-corrected chi connectivity index (χ0v) is 20.1. The average molecular weight is 479 g/mol. The molecule has 7 nitrogen and oxygen atoms in total. The summed E-state index contributed by atoms with van der Waals surface area (Å²) in [4.78, 5) is 18.8. The maximum atomic E-state index is 12.6. The lowest BCUT2D eigenvalue weighted by molar-refractivity contribution is -0.113. The van der Waals surface area contributed by atoms with Crippen molar-refractivity contribution in [2.75, 3.05) is 25.2 Å². The van der Waals surface area contributed by atoms with Gasteiger partial charge in [0.05, 0.1) is 21.8 Å². The SMILES string of the molecule is CCC(c1nnc(SCC(=O)Nc2ncc(Cl)c(C)c2Cl)n1-c1ccccc1)N(C)C. The number of hydrogen-bond donors (Lipinski definition) is 1. The summed E-state index contributed by atoms with van der Waals surface area (Å²) >= 11 is 13.6. The minimum Gasteiger partial charge on any atom is -0.309 e. The highest BCUT2D eigenvalue weighted by molar-refractivity contribution is 7.99. The molecule has 2 aromatic heterocycles. The number of benzene rings is 1. The lowest BCUT2D eigenvalue weighted by atomic mass is 10.2. The molecule has 2 heterocycles. The molecule has 1 atom stereocenters. The Bertz CT molecular complexity index is 1060. The first-order chi connectivity index (χ1) is 14.8. The molecule has 3 rings (SSSR count). The van der Waals surface area contributed by atoms with Crippen LogP contribution in [0, 0.1) is 6.92 Å². The number of nitrogens with zero attached hydrogens (tertiary/aromatic N) is 5. The van der Waals surface area contributed by atoms with Crippen LogP contribution < -0.4 is 5.32 Å². The van der Waals surface area contributed by atoms with Gasteiger partial charge in [0.1, 0.15) is 0 Å². The molecular weight excluding hydrogens is 455 g/mol. The molecule has 0 aliphatic heterocycles. The van der Waals surface area contributed by atoms with Gasteiger partial charge in [0.25, 0.3) is 0 Å². The van der Waals surface area contributed by atoms with Gasteiger partial charge in [-0.25, -0.2) is 4.98 Å². The van der Waals surface area contributed by atoms with Crippen LogP contribution in [0.3, 0.4) is 0 Å². The molecule has 1 aromatic carbocycles. The van der Waals surface area contributed by atoms with Crippen LogP contribution in [-0.2, 0) is 4.79 Å². The normalized spacial score (nSPS) is 12.2. The summed E-state index contributed by atoms with van der Waals surface area (Å²) in [5.74, 6) is 1.01. The van der Waals surface area contributed by atoms with Gasteiger partial charge in [-0.05, 0) is 45.1 Å². The zero-order valence-electron chi connectivity index (χ0n) is 17.8. The van der Waals surface area contributed by atoms with Crippen LogP contribution in [-0.4, -0.2) is 50.4 Å². The van der Waals surface area contributed by atoms with Gasteiger partial charge in [-0.1, -0.05) is 60.1 Å². The molecule has 31 heavy (non-hydrogen) atoms. The van der Waals surface area contributed by atoms with E-state index in [4.69, 9.17) is 23.2 Å². The molecule has 1 N–H and O–H groups in total. The first-order valence-electron chi connectivity index (χ1n) is 9.73. The quantitative estimate of drug-likeness (QED) is 0.458. The molecule has 0 saturated heterocycles. The van der Waals surface area contributed by atoms with Gasteiger partial charge in [-0.2, -0.15) is 0 Å². The highest BCUT2D eigenvalue weighted by Crippen LogP contribution is 2.30. The molecule has 0 bridgehead atoms. The van der Waals surface area contributed by atoms with E-state index in [0.717, 1.165) is 17.9 Å². The Morgan fingerprint density at radius 1 is 1.23 bits per heavy atom. The third kappa shape index (κ3) is 5.38. The lowest BCUT2D eigenvalue weighted by Gasteiger charge is -2.23. The van der Waals surface area contributed by atoms with E-state index in [9.17, 15) is 4.79 Å². The van der Waals surface area contributed by atoms with Crippen LogP contribution in [0.2, 0.25) is 10.0 Å². The molecule has 164 valence electrons. The molecule has 10 heteroatoms. The molecule has 3 aromatic rings. The Hall–Kier alpha value is -2.13. The van der Waals surface area contributed by atoms with Crippen molar-refractivity contribution in [1.82, 2.24) is 24.6 Å². The van der Waals surface area contributed by atoms with Gasteiger partial charge in [0.2, 0.25) is 5.91 Å². The first kappa shape index (κ1) is 23.5. The van der Waals surface area contributed by atoms with Gasteiger partial charge in [-0.3, -0.25) is 14.3 Å². The smallest absolute Gasteiger partial charge is 0.236 e. The number of pyridine rings is 1. The number of anilines is 1. The summed E-state index contributed by atoms with van der Waals surface area (Å²) < 4.78 is 2.00. The molecule has 1 unspecified atom stereocenters. The molecule has 0 fully saturated rings. The number of nitrogens with one attached hydrogen (secondary N) is 1. The fourth-order valence-corrected chi connectivity index (χ4v) is 4.28. The maximum absolute atomic E-state index is 12.6. The summed E-state index contributed by atoms with van der Waals surface area (Å²) in [5, 5.41) is 13.0. The molecule has 0 aliphatic carbocycles. The third-order valence-corrected chi connectivity index (χ3v) is 6.55. The summed E-state index contributed by atoms with van der Waals surface area (Å²) in [6.45, 7) is 3.88. The van der Waals surface area contributed by atoms with Crippen molar-refractivity contribution in [2.45, 2.75) is 31.5 Å². The van der Waals surface area contributed by atoms with E-state index in [2.05, 4.69) is 32.3 Å². The number of hydrogen-bond acceptors (Lipinski definition) is 6. The Balaban J connectivity index is 1.82. The Morgan fingerprint density at radius 3 is 2.58 bits per heavy atom. The summed E-state index contributed by atoms with van der Waals surface area (Å²) in [6, 6.07) is 9.98. The predicted octanol–water partition coefficient (Wildman–Crippen LogP) is 5.02. The van der Waals surface area contributed by atoms with E-state index in [1.54, 1.807) is 6.92 Å². The van der Waals surface area contributed by atoms with Gasteiger partial charge >= 0.3 is 0 Å². The van der Waals surface area contributed by atoms with Crippen LogP contribution in [0.4, 0.5) is 5.82 Å². The number of carbonyl (C=O) groups excluding carboxylic acids is 1. The molecule has 0 aliphatic rings. The number of aromatic nitrogens is 4. The van der Waals surface area contributed by atoms with Crippen LogP contribution in [0.15, 0.2) is 41.7 Å². The lowest BCUT2D eigenvalue weighted by Crippen LogP contribution is -2.23. The van der Waals surface area contributed by atoms with Crippen molar-refractivity contribution in [3.05, 3.63) is 58.0 Å². The fraction of sp³-hybridized carbons (Fsp3) is 0.333. The van der Waals surface area contributed by atoms with E-state index < -0.39 is 0 Å². The zero-order chi connectivity index (χ0) is 22.5. The Labute approximate surface area is 196 Å². The monoisotopic (exact) mass is 478 g/mol. The van der Waals surface area contributed by atoms with Crippen molar-refractivity contribution in [2.24, 2.45) is 0 Å². The second-order valence-corrected chi connectivity index (χ2v) is 8.86. The average Bonchev–Trinajstić information content (AvgIpc) is 3.17. The highest BCUT2D eigenvalue weighted by atomic mass is 35.5. The van der Waals surface area contributed by atoms with Gasteiger partial charge in [-0.15, -0.1) is 10.2 Å².